The number of ketones is 2. The lowest BCUT2D eigenvalue weighted by molar-refractivity contribution is -0.117. The molecule has 0 aromatic heterocycles. The van der Waals surface area contributed by atoms with Crippen molar-refractivity contribution in [2.75, 3.05) is 7.11 Å². The molecule has 3 nitrogen and oxygen atoms in total. The molecular weight excluding hydrogens is 264 g/mol. The summed E-state index contributed by atoms with van der Waals surface area (Å²) >= 11 is 0. The van der Waals surface area contributed by atoms with Crippen LogP contribution in [-0.2, 0) is 4.79 Å². The van der Waals surface area contributed by atoms with Gasteiger partial charge in [0.05, 0.1) is 13.5 Å². The average molecular weight is 282 g/mol. The molecule has 0 aliphatic heterocycles. The Hall–Kier alpha value is -2.42. The van der Waals surface area contributed by atoms with Crippen LogP contribution in [0.2, 0.25) is 0 Å². The molecule has 0 spiro atoms. The molecule has 0 bridgehead atoms. The van der Waals surface area contributed by atoms with Gasteiger partial charge in [-0.1, -0.05) is 43.3 Å². The molecule has 2 rings (SSSR count). The van der Waals surface area contributed by atoms with E-state index in [4.69, 9.17) is 4.74 Å². The van der Waals surface area contributed by atoms with Crippen LogP contribution >= 0.6 is 0 Å². The molecule has 0 atom stereocenters. The fourth-order valence-electron chi connectivity index (χ4n) is 2.04. The molecule has 0 saturated heterocycles. The second kappa shape index (κ2) is 6.84. The molecule has 0 radical (unpaired) electrons. The van der Waals surface area contributed by atoms with Crippen molar-refractivity contribution >= 4 is 11.6 Å². The largest absolute Gasteiger partial charge is 0.497 e. The Morgan fingerprint density at radius 3 is 1.90 bits per heavy atom. The summed E-state index contributed by atoms with van der Waals surface area (Å²) in [7, 11) is 1.63. The molecular formula is C18H18O3. The lowest BCUT2D eigenvalue weighted by Gasteiger charge is -2.05. The van der Waals surface area contributed by atoms with Crippen molar-refractivity contribution in [3.05, 3.63) is 54.1 Å². The van der Waals surface area contributed by atoms with E-state index in [1.807, 2.05) is 36.4 Å². The first-order valence-electron chi connectivity index (χ1n) is 6.93. The smallest absolute Gasteiger partial charge is 0.170 e. The Balaban J connectivity index is 2.14. The standard InChI is InChI=1S/C18H18O3/c1-3-16(19)12-18(20)15-6-4-13(5-7-15)14-8-10-17(21-2)11-9-14/h4-11H,3,12H2,1-2H3. The third-order valence-corrected chi connectivity index (χ3v) is 3.38. The van der Waals surface area contributed by atoms with Gasteiger partial charge in [-0.15, -0.1) is 0 Å². The summed E-state index contributed by atoms with van der Waals surface area (Å²) in [6.07, 6.45) is 0.383. The molecule has 0 amide bonds. The van der Waals surface area contributed by atoms with Gasteiger partial charge in [0.15, 0.2) is 5.78 Å². The first-order valence-corrected chi connectivity index (χ1v) is 6.93. The van der Waals surface area contributed by atoms with E-state index in [0.717, 1.165) is 16.9 Å². The molecule has 3 heteroatoms. The lowest BCUT2D eigenvalue weighted by Crippen LogP contribution is -2.06. The van der Waals surface area contributed by atoms with Crippen LogP contribution in [-0.4, -0.2) is 18.7 Å². The summed E-state index contributed by atoms with van der Waals surface area (Å²) in [6.45, 7) is 1.77. The zero-order chi connectivity index (χ0) is 15.2. The molecule has 0 aliphatic rings. The van der Waals surface area contributed by atoms with Crippen molar-refractivity contribution in [2.24, 2.45) is 0 Å². The van der Waals surface area contributed by atoms with Crippen molar-refractivity contribution in [1.82, 2.24) is 0 Å². The van der Waals surface area contributed by atoms with Gasteiger partial charge >= 0.3 is 0 Å². The third-order valence-electron chi connectivity index (χ3n) is 3.38. The number of methoxy groups -OCH3 is 1. The first kappa shape index (κ1) is 15.0. The van der Waals surface area contributed by atoms with Gasteiger partial charge in [-0.3, -0.25) is 9.59 Å². The Morgan fingerprint density at radius 1 is 0.905 bits per heavy atom. The summed E-state index contributed by atoms with van der Waals surface area (Å²) in [5.41, 5.74) is 2.66. The van der Waals surface area contributed by atoms with Crippen molar-refractivity contribution in [2.45, 2.75) is 19.8 Å². The topological polar surface area (TPSA) is 43.4 Å². The van der Waals surface area contributed by atoms with Crippen LogP contribution in [0.5, 0.6) is 5.75 Å². The highest BCUT2D eigenvalue weighted by atomic mass is 16.5. The van der Waals surface area contributed by atoms with E-state index in [1.165, 1.54) is 0 Å². The quantitative estimate of drug-likeness (QED) is 0.596. The zero-order valence-corrected chi connectivity index (χ0v) is 12.3. The van der Waals surface area contributed by atoms with Gasteiger partial charge in [-0.25, -0.2) is 0 Å². The van der Waals surface area contributed by atoms with Crippen LogP contribution in [0.4, 0.5) is 0 Å². The fourth-order valence-corrected chi connectivity index (χ4v) is 2.04. The van der Waals surface area contributed by atoms with Crippen LogP contribution in [0, 0.1) is 0 Å². The van der Waals surface area contributed by atoms with E-state index in [2.05, 4.69) is 0 Å². The van der Waals surface area contributed by atoms with Crippen LogP contribution in [0.1, 0.15) is 30.1 Å². The Kier molecular flexibility index (Phi) is 4.88. The second-order valence-electron chi connectivity index (χ2n) is 4.80. The van der Waals surface area contributed by atoms with Crippen molar-refractivity contribution in [3.63, 3.8) is 0 Å². The summed E-state index contributed by atoms with van der Waals surface area (Å²) in [6, 6.07) is 15.1. The van der Waals surface area contributed by atoms with E-state index >= 15 is 0 Å². The van der Waals surface area contributed by atoms with E-state index in [1.54, 1.807) is 26.2 Å². The predicted molar refractivity (Wildman–Crippen MR) is 82.7 cm³/mol. The van der Waals surface area contributed by atoms with Crippen molar-refractivity contribution < 1.29 is 14.3 Å². The number of carbonyl (C=O) groups is 2. The normalized spacial score (nSPS) is 10.2. The van der Waals surface area contributed by atoms with Crippen LogP contribution < -0.4 is 4.74 Å². The number of benzene rings is 2. The van der Waals surface area contributed by atoms with Gasteiger partial charge in [0.1, 0.15) is 11.5 Å². The van der Waals surface area contributed by atoms with Gasteiger partial charge < -0.3 is 4.74 Å². The Labute approximate surface area is 124 Å². The molecule has 21 heavy (non-hydrogen) atoms. The van der Waals surface area contributed by atoms with E-state index in [9.17, 15) is 9.59 Å². The Bertz CT molecular complexity index is 625. The maximum atomic E-state index is 11.9. The number of ether oxygens (including phenoxy) is 1. The highest BCUT2D eigenvalue weighted by molar-refractivity contribution is 6.08. The maximum absolute atomic E-state index is 11.9. The second-order valence-corrected chi connectivity index (χ2v) is 4.80. The van der Waals surface area contributed by atoms with Gasteiger partial charge in [0.2, 0.25) is 0 Å². The van der Waals surface area contributed by atoms with E-state index in [0.29, 0.717) is 12.0 Å². The van der Waals surface area contributed by atoms with Crippen LogP contribution in [0.15, 0.2) is 48.5 Å². The predicted octanol–water partition coefficient (Wildman–Crippen LogP) is 3.91. The Morgan fingerprint density at radius 2 is 1.43 bits per heavy atom. The van der Waals surface area contributed by atoms with Gasteiger partial charge in [-0.2, -0.15) is 0 Å². The minimum absolute atomic E-state index is 0.0155. The van der Waals surface area contributed by atoms with Crippen LogP contribution in [0.3, 0.4) is 0 Å². The van der Waals surface area contributed by atoms with E-state index < -0.39 is 0 Å². The highest BCUT2D eigenvalue weighted by Gasteiger charge is 2.10. The highest BCUT2D eigenvalue weighted by Crippen LogP contribution is 2.23. The third kappa shape index (κ3) is 3.78. The number of rotatable bonds is 6. The minimum atomic E-state index is -0.122. The average Bonchev–Trinajstić information content (AvgIpc) is 2.55. The van der Waals surface area contributed by atoms with Crippen molar-refractivity contribution in [3.8, 4) is 16.9 Å². The van der Waals surface area contributed by atoms with E-state index in [-0.39, 0.29) is 18.0 Å². The van der Waals surface area contributed by atoms with Gasteiger partial charge in [0, 0.05) is 12.0 Å². The number of hydrogen-bond donors (Lipinski definition) is 0. The molecule has 0 N–H and O–H groups in total. The minimum Gasteiger partial charge on any atom is -0.497 e. The monoisotopic (exact) mass is 282 g/mol. The molecule has 0 heterocycles. The number of carbonyl (C=O) groups excluding carboxylic acids is 2. The number of Topliss-reactive ketones (excluding diaryl/α,β-unsaturated/α-hetero) is 2. The molecule has 0 aliphatic carbocycles. The van der Waals surface area contributed by atoms with Gasteiger partial charge in [-0.05, 0) is 23.3 Å². The molecule has 2 aromatic carbocycles. The molecule has 0 unspecified atom stereocenters. The SMILES string of the molecule is CCC(=O)CC(=O)c1ccc(-c2ccc(OC)cc2)cc1. The van der Waals surface area contributed by atoms with Crippen molar-refractivity contribution in [1.29, 1.82) is 0 Å². The summed E-state index contributed by atoms with van der Waals surface area (Å²) in [5.74, 6) is 0.658. The summed E-state index contributed by atoms with van der Waals surface area (Å²) in [4.78, 5) is 23.2. The molecule has 0 fully saturated rings. The zero-order valence-electron chi connectivity index (χ0n) is 12.3. The first-order chi connectivity index (χ1) is 10.1. The molecule has 0 saturated carbocycles. The lowest BCUT2D eigenvalue weighted by atomic mass is 10.0. The summed E-state index contributed by atoms with van der Waals surface area (Å²) < 4.78 is 5.13. The maximum Gasteiger partial charge on any atom is 0.170 e. The van der Waals surface area contributed by atoms with Crippen LogP contribution in [0.25, 0.3) is 11.1 Å². The summed E-state index contributed by atoms with van der Waals surface area (Å²) in [5, 5.41) is 0. The van der Waals surface area contributed by atoms with Gasteiger partial charge in [0.25, 0.3) is 0 Å². The molecule has 2 aromatic rings. The fraction of sp³-hybridized carbons (Fsp3) is 0.222. The number of hydrogen-bond acceptors (Lipinski definition) is 3. The molecule has 108 valence electrons.